The molecule has 102 valence electrons. The molecule has 1 unspecified atom stereocenters. The first-order chi connectivity index (χ1) is 8.72. The first-order valence-electron chi connectivity index (χ1n) is 6.87. The van der Waals surface area contributed by atoms with Gasteiger partial charge in [-0.05, 0) is 25.8 Å². The van der Waals surface area contributed by atoms with E-state index < -0.39 is 0 Å². The Bertz CT molecular complexity index is 369. The van der Waals surface area contributed by atoms with E-state index in [9.17, 15) is 0 Å². The van der Waals surface area contributed by atoms with Crippen molar-refractivity contribution in [1.82, 2.24) is 20.3 Å². The Balaban J connectivity index is 2.16. The molecule has 1 fully saturated rings. The lowest BCUT2D eigenvalue weighted by Gasteiger charge is -2.13. The van der Waals surface area contributed by atoms with E-state index in [0.29, 0.717) is 11.8 Å². The summed E-state index contributed by atoms with van der Waals surface area (Å²) in [7, 11) is 1.95. The van der Waals surface area contributed by atoms with Crippen LogP contribution in [-0.4, -0.2) is 35.3 Å². The minimum atomic E-state index is 0.468. The molecular formula is C13H24N4O. The van der Waals surface area contributed by atoms with Crippen molar-refractivity contribution in [2.45, 2.75) is 45.7 Å². The molecule has 18 heavy (non-hydrogen) atoms. The van der Waals surface area contributed by atoms with Gasteiger partial charge in [-0.2, -0.15) is 0 Å². The van der Waals surface area contributed by atoms with E-state index in [1.807, 2.05) is 7.05 Å². The van der Waals surface area contributed by atoms with Crippen LogP contribution >= 0.6 is 0 Å². The Morgan fingerprint density at radius 3 is 2.94 bits per heavy atom. The van der Waals surface area contributed by atoms with Crippen molar-refractivity contribution in [3.05, 3.63) is 11.4 Å². The van der Waals surface area contributed by atoms with Crippen LogP contribution in [0.1, 0.15) is 44.0 Å². The van der Waals surface area contributed by atoms with Crippen LogP contribution in [0.2, 0.25) is 0 Å². The van der Waals surface area contributed by atoms with Gasteiger partial charge in [0.2, 0.25) is 0 Å². The van der Waals surface area contributed by atoms with E-state index in [-0.39, 0.29) is 0 Å². The van der Waals surface area contributed by atoms with Crippen LogP contribution < -0.4 is 5.32 Å². The average molecular weight is 252 g/mol. The van der Waals surface area contributed by atoms with Crippen molar-refractivity contribution < 1.29 is 4.74 Å². The zero-order valence-electron chi connectivity index (χ0n) is 11.6. The predicted octanol–water partition coefficient (Wildman–Crippen LogP) is 1.55. The second-order valence-electron chi connectivity index (χ2n) is 5.42. The topological polar surface area (TPSA) is 52.0 Å². The maximum absolute atomic E-state index is 5.51. The van der Waals surface area contributed by atoms with Gasteiger partial charge in [-0.15, -0.1) is 5.10 Å². The third-order valence-corrected chi connectivity index (χ3v) is 3.43. The van der Waals surface area contributed by atoms with E-state index in [1.54, 1.807) is 0 Å². The SMILES string of the molecule is CNCc1nnn(CCC(C)C)c1C1CCOC1. The highest BCUT2D eigenvalue weighted by Gasteiger charge is 2.25. The minimum absolute atomic E-state index is 0.468. The molecule has 5 nitrogen and oxygen atoms in total. The van der Waals surface area contributed by atoms with Gasteiger partial charge in [-0.1, -0.05) is 19.1 Å². The molecule has 2 rings (SSSR count). The summed E-state index contributed by atoms with van der Waals surface area (Å²) >= 11 is 0. The molecule has 0 aliphatic carbocycles. The lowest BCUT2D eigenvalue weighted by Crippen LogP contribution is -2.15. The number of ether oxygens (including phenoxy) is 1. The van der Waals surface area contributed by atoms with Crippen molar-refractivity contribution in [2.75, 3.05) is 20.3 Å². The molecule has 1 saturated heterocycles. The molecule has 0 saturated carbocycles. The monoisotopic (exact) mass is 252 g/mol. The summed E-state index contributed by atoms with van der Waals surface area (Å²) in [6.07, 6.45) is 2.23. The summed E-state index contributed by atoms with van der Waals surface area (Å²) in [5.41, 5.74) is 2.36. The third-order valence-electron chi connectivity index (χ3n) is 3.43. The Morgan fingerprint density at radius 2 is 2.33 bits per heavy atom. The van der Waals surface area contributed by atoms with E-state index >= 15 is 0 Å². The average Bonchev–Trinajstić information content (AvgIpc) is 2.95. The summed E-state index contributed by atoms with van der Waals surface area (Å²) < 4.78 is 7.59. The van der Waals surface area contributed by atoms with Crippen molar-refractivity contribution in [1.29, 1.82) is 0 Å². The van der Waals surface area contributed by atoms with Gasteiger partial charge in [0, 0.05) is 25.6 Å². The number of nitrogens with one attached hydrogen (secondary N) is 1. The summed E-state index contributed by atoms with van der Waals surface area (Å²) in [6, 6.07) is 0. The van der Waals surface area contributed by atoms with Crippen LogP contribution in [0.3, 0.4) is 0 Å². The second-order valence-corrected chi connectivity index (χ2v) is 5.42. The molecule has 0 radical (unpaired) electrons. The van der Waals surface area contributed by atoms with E-state index in [0.717, 1.165) is 44.8 Å². The smallest absolute Gasteiger partial charge is 0.100 e. The van der Waals surface area contributed by atoms with Crippen LogP contribution in [0, 0.1) is 5.92 Å². The lowest BCUT2D eigenvalue weighted by atomic mass is 10.0. The Kier molecular flexibility index (Phi) is 4.72. The first-order valence-corrected chi connectivity index (χ1v) is 6.87. The molecule has 1 aliphatic rings. The molecule has 0 spiro atoms. The molecule has 1 aliphatic heterocycles. The fourth-order valence-corrected chi connectivity index (χ4v) is 2.39. The van der Waals surface area contributed by atoms with Crippen molar-refractivity contribution in [3.8, 4) is 0 Å². The Morgan fingerprint density at radius 1 is 1.50 bits per heavy atom. The largest absolute Gasteiger partial charge is 0.381 e. The van der Waals surface area contributed by atoms with Crippen LogP contribution in [0.4, 0.5) is 0 Å². The number of aromatic nitrogens is 3. The van der Waals surface area contributed by atoms with Gasteiger partial charge < -0.3 is 10.1 Å². The van der Waals surface area contributed by atoms with E-state index in [2.05, 4.69) is 34.2 Å². The van der Waals surface area contributed by atoms with E-state index in [4.69, 9.17) is 4.74 Å². The van der Waals surface area contributed by atoms with Crippen molar-refractivity contribution >= 4 is 0 Å². The molecule has 1 atom stereocenters. The molecule has 0 aromatic carbocycles. The molecular weight excluding hydrogens is 228 g/mol. The van der Waals surface area contributed by atoms with Gasteiger partial charge in [-0.3, -0.25) is 0 Å². The van der Waals surface area contributed by atoms with Gasteiger partial charge in [0.15, 0.2) is 0 Å². The van der Waals surface area contributed by atoms with E-state index in [1.165, 1.54) is 5.69 Å². The summed E-state index contributed by atoms with van der Waals surface area (Å²) in [4.78, 5) is 0. The van der Waals surface area contributed by atoms with Gasteiger partial charge >= 0.3 is 0 Å². The van der Waals surface area contributed by atoms with Crippen LogP contribution in [0.15, 0.2) is 0 Å². The predicted molar refractivity (Wildman–Crippen MR) is 70.4 cm³/mol. The summed E-state index contributed by atoms with van der Waals surface area (Å²) in [5.74, 6) is 1.16. The highest BCUT2D eigenvalue weighted by molar-refractivity contribution is 5.17. The van der Waals surface area contributed by atoms with Crippen LogP contribution in [-0.2, 0) is 17.8 Å². The van der Waals surface area contributed by atoms with Crippen molar-refractivity contribution in [3.63, 3.8) is 0 Å². The normalized spacial score (nSPS) is 19.9. The molecule has 1 aromatic heterocycles. The summed E-state index contributed by atoms with van der Waals surface area (Å²) in [6.45, 7) is 7.89. The Labute approximate surface area is 109 Å². The number of hydrogen-bond acceptors (Lipinski definition) is 4. The second kappa shape index (κ2) is 6.29. The van der Waals surface area contributed by atoms with Crippen LogP contribution in [0.25, 0.3) is 0 Å². The number of aryl methyl sites for hydroxylation is 1. The highest BCUT2D eigenvalue weighted by Crippen LogP contribution is 2.27. The third kappa shape index (κ3) is 3.09. The zero-order chi connectivity index (χ0) is 13.0. The van der Waals surface area contributed by atoms with Gasteiger partial charge in [0.1, 0.15) is 5.69 Å². The summed E-state index contributed by atoms with van der Waals surface area (Å²) in [5, 5.41) is 11.8. The van der Waals surface area contributed by atoms with Crippen molar-refractivity contribution in [2.24, 2.45) is 5.92 Å². The molecule has 0 bridgehead atoms. The maximum Gasteiger partial charge on any atom is 0.100 e. The highest BCUT2D eigenvalue weighted by atomic mass is 16.5. The number of hydrogen-bond donors (Lipinski definition) is 1. The molecule has 1 N–H and O–H groups in total. The van der Waals surface area contributed by atoms with Gasteiger partial charge in [-0.25, -0.2) is 4.68 Å². The van der Waals surface area contributed by atoms with Gasteiger partial charge in [0.05, 0.1) is 12.3 Å². The van der Waals surface area contributed by atoms with Crippen LogP contribution in [0.5, 0.6) is 0 Å². The molecule has 2 heterocycles. The molecule has 1 aromatic rings. The molecule has 5 heteroatoms. The number of nitrogens with zero attached hydrogens (tertiary/aromatic N) is 3. The van der Waals surface area contributed by atoms with Gasteiger partial charge in [0.25, 0.3) is 0 Å². The molecule has 0 amide bonds. The maximum atomic E-state index is 5.51. The quantitative estimate of drug-likeness (QED) is 0.834. The lowest BCUT2D eigenvalue weighted by molar-refractivity contribution is 0.192. The minimum Gasteiger partial charge on any atom is -0.381 e. The Hall–Kier alpha value is -0.940. The first kappa shape index (κ1) is 13.5. The zero-order valence-corrected chi connectivity index (χ0v) is 11.6. The standard InChI is InChI=1S/C13H24N4O/c1-10(2)4-6-17-13(11-5-7-18-9-11)12(8-14-3)15-16-17/h10-11,14H,4-9H2,1-3H3. The fourth-order valence-electron chi connectivity index (χ4n) is 2.39. The number of rotatable bonds is 6. The fraction of sp³-hybridized carbons (Fsp3) is 0.846.